The highest BCUT2D eigenvalue weighted by Crippen LogP contribution is 2.18. The standard InChI is InChI=1S/C17H21N3O4S2/c1-20(2)26(23,24)15-6-4-3-5-13(15)11-19-16(21)7-9-18-17(22)14-8-10-25-12-14/h3-6,8,10,12H,7,9,11H2,1-2H3,(H,18,22)(H,19,21). The first-order chi connectivity index (χ1) is 12.3. The molecule has 7 nitrogen and oxygen atoms in total. The number of hydrogen-bond acceptors (Lipinski definition) is 5. The largest absolute Gasteiger partial charge is 0.352 e. The van der Waals surface area contributed by atoms with Gasteiger partial charge in [-0.1, -0.05) is 18.2 Å². The zero-order valence-electron chi connectivity index (χ0n) is 14.6. The van der Waals surface area contributed by atoms with Crippen LogP contribution in [0.25, 0.3) is 0 Å². The fourth-order valence-electron chi connectivity index (χ4n) is 2.17. The predicted octanol–water partition coefficient (Wildman–Crippen LogP) is 1.43. The van der Waals surface area contributed by atoms with E-state index < -0.39 is 10.0 Å². The van der Waals surface area contributed by atoms with E-state index in [4.69, 9.17) is 0 Å². The number of sulfonamides is 1. The topological polar surface area (TPSA) is 95.6 Å². The lowest BCUT2D eigenvalue weighted by atomic mass is 10.2. The van der Waals surface area contributed by atoms with Crippen LogP contribution in [0.3, 0.4) is 0 Å². The molecular weight excluding hydrogens is 374 g/mol. The van der Waals surface area contributed by atoms with E-state index in [-0.39, 0.29) is 36.2 Å². The summed E-state index contributed by atoms with van der Waals surface area (Å²) in [6.07, 6.45) is 0.110. The zero-order chi connectivity index (χ0) is 19.2. The Bertz CT molecular complexity index is 862. The minimum absolute atomic E-state index is 0.0978. The maximum absolute atomic E-state index is 12.3. The molecule has 0 bridgehead atoms. The van der Waals surface area contributed by atoms with E-state index in [1.54, 1.807) is 35.0 Å². The van der Waals surface area contributed by atoms with Gasteiger partial charge in [-0.25, -0.2) is 12.7 Å². The molecule has 0 unspecified atom stereocenters. The molecule has 0 atom stereocenters. The Morgan fingerprint density at radius 1 is 1.12 bits per heavy atom. The lowest BCUT2D eigenvalue weighted by Crippen LogP contribution is -2.31. The summed E-state index contributed by atoms with van der Waals surface area (Å²) in [7, 11) is -0.664. The van der Waals surface area contributed by atoms with Gasteiger partial charge >= 0.3 is 0 Å². The SMILES string of the molecule is CN(C)S(=O)(=O)c1ccccc1CNC(=O)CCNC(=O)c1ccsc1. The average Bonchev–Trinajstić information content (AvgIpc) is 3.14. The first-order valence-electron chi connectivity index (χ1n) is 7.90. The van der Waals surface area contributed by atoms with Crippen LogP contribution < -0.4 is 10.6 Å². The third-order valence-electron chi connectivity index (χ3n) is 3.63. The van der Waals surface area contributed by atoms with E-state index in [2.05, 4.69) is 10.6 Å². The van der Waals surface area contributed by atoms with E-state index in [0.29, 0.717) is 11.1 Å². The fourth-order valence-corrected chi connectivity index (χ4v) is 3.92. The summed E-state index contributed by atoms with van der Waals surface area (Å²) in [6.45, 7) is 0.304. The second-order valence-corrected chi connectivity index (χ2v) is 8.59. The van der Waals surface area contributed by atoms with Gasteiger partial charge in [-0.3, -0.25) is 9.59 Å². The van der Waals surface area contributed by atoms with Gasteiger partial charge in [-0.15, -0.1) is 0 Å². The molecule has 0 aliphatic carbocycles. The Balaban J connectivity index is 1.87. The van der Waals surface area contributed by atoms with Crippen molar-refractivity contribution in [1.29, 1.82) is 0 Å². The van der Waals surface area contributed by atoms with Crippen molar-refractivity contribution < 1.29 is 18.0 Å². The third kappa shape index (κ3) is 5.13. The van der Waals surface area contributed by atoms with E-state index >= 15 is 0 Å². The van der Waals surface area contributed by atoms with Crippen molar-refractivity contribution in [3.8, 4) is 0 Å². The lowest BCUT2D eigenvalue weighted by molar-refractivity contribution is -0.121. The number of amides is 2. The van der Waals surface area contributed by atoms with Gasteiger partial charge in [0.25, 0.3) is 5.91 Å². The third-order valence-corrected chi connectivity index (χ3v) is 6.23. The average molecular weight is 396 g/mol. The smallest absolute Gasteiger partial charge is 0.252 e. The molecule has 1 heterocycles. The summed E-state index contributed by atoms with van der Waals surface area (Å²) in [6, 6.07) is 8.24. The van der Waals surface area contributed by atoms with Crippen LogP contribution in [0.1, 0.15) is 22.3 Å². The molecule has 0 aliphatic heterocycles. The summed E-state index contributed by atoms with van der Waals surface area (Å²) in [5.41, 5.74) is 1.08. The number of carbonyl (C=O) groups is 2. The second-order valence-electron chi connectivity index (χ2n) is 5.69. The number of rotatable bonds is 8. The van der Waals surface area contributed by atoms with Crippen molar-refractivity contribution in [2.45, 2.75) is 17.9 Å². The highest BCUT2D eigenvalue weighted by atomic mass is 32.2. The number of hydrogen-bond donors (Lipinski definition) is 2. The summed E-state index contributed by atoms with van der Waals surface area (Å²) < 4.78 is 25.8. The van der Waals surface area contributed by atoms with Crippen LogP contribution in [0, 0.1) is 0 Å². The van der Waals surface area contributed by atoms with Crippen LogP contribution in [0.15, 0.2) is 46.0 Å². The Morgan fingerprint density at radius 2 is 1.85 bits per heavy atom. The van der Waals surface area contributed by atoms with E-state index in [9.17, 15) is 18.0 Å². The Kier molecular flexibility index (Phi) is 6.90. The number of thiophene rings is 1. The highest BCUT2D eigenvalue weighted by molar-refractivity contribution is 7.89. The molecular formula is C17H21N3O4S2. The first-order valence-corrected chi connectivity index (χ1v) is 10.3. The zero-order valence-corrected chi connectivity index (χ0v) is 16.2. The van der Waals surface area contributed by atoms with Gasteiger partial charge in [-0.2, -0.15) is 11.3 Å². The molecule has 1 aromatic carbocycles. The molecule has 0 aliphatic rings. The molecule has 2 amide bonds. The molecule has 0 spiro atoms. The quantitative estimate of drug-likeness (QED) is 0.707. The molecule has 26 heavy (non-hydrogen) atoms. The van der Waals surface area contributed by atoms with Gasteiger partial charge in [0.2, 0.25) is 15.9 Å². The summed E-state index contributed by atoms with van der Waals surface area (Å²) in [5.74, 6) is -0.492. The first kappa shape index (κ1) is 20.1. The molecule has 0 fully saturated rings. The maximum Gasteiger partial charge on any atom is 0.252 e. The van der Waals surface area contributed by atoms with Crippen molar-refractivity contribution in [1.82, 2.24) is 14.9 Å². The Morgan fingerprint density at radius 3 is 2.50 bits per heavy atom. The van der Waals surface area contributed by atoms with Gasteiger partial charge < -0.3 is 10.6 Å². The van der Waals surface area contributed by atoms with Crippen molar-refractivity contribution >= 4 is 33.2 Å². The summed E-state index contributed by atoms with van der Waals surface area (Å²) >= 11 is 1.43. The van der Waals surface area contributed by atoms with Crippen LogP contribution in [0.4, 0.5) is 0 Å². The molecule has 1 aromatic heterocycles. The van der Waals surface area contributed by atoms with Gasteiger partial charge in [0.15, 0.2) is 0 Å². The molecule has 2 aromatic rings. The normalized spacial score (nSPS) is 11.3. The number of nitrogens with one attached hydrogen (secondary N) is 2. The van der Waals surface area contributed by atoms with Crippen LogP contribution in [-0.2, 0) is 21.4 Å². The molecule has 9 heteroatoms. The van der Waals surface area contributed by atoms with Crippen molar-refractivity contribution in [3.63, 3.8) is 0 Å². The molecule has 140 valence electrons. The number of nitrogens with zero attached hydrogens (tertiary/aromatic N) is 1. The molecule has 0 saturated carbocycles. The number of carbonyl (C=O) groups excluding carboxylic acids is 2. The van der Waals surface area contributed by atoms with E-state index in [1.807, 2.05) is 0 Å². The minimum atomic E-state index is -3.58. The number of benzene rings is 1. The van der Waals surface area contributed by atoms with Crippen LogP contribution in [-0.4, -0.2) is 45.2 Å². The van der Waals surface area contributed by atoms with Gasteiger partial charge in [-0.05, 0) is 23.1 Å². The Labute approximate surface area is 157 Å². The highest BCUT2D eigenvalue weighted by Gasteiger charge is 2.20. The van der Waals surface area contributed by atoms with Crippen LogP contribution in [0.2, 0.25) is 0 Å². The van der Waals surface area contributed by atoms with Crippen molar-refractivity contribution in [2.75, 3.05) is 20.6 Å². The lowest BCUT2D eigenvalue weighted by Gasteiger charge is -2.15. The molecule has 0 saturated heterocycles. The van der Waals surface area contributed by atoms with Crippen molar-refractivity contribution in [2.24, 2.45) is 0 Å². The predicted molar refractivity (Wildman–Crippen MR) is 100 cm³/mol. The molecule has 2 N–H and O–H groups in total. The Hall–Kier alpha value is -2.23. The van der Waals surface area contributed by atoms with Gasteiger partial charge in [0, 0.05) is 44.5 Å². The van der Waals surface area contributed by atoms with Gasteiger partial charge in [0.05, 0.1) is 4.90 Å². The molecule has 2 rings (SSSR count). The molecule has 0 radical (unpaired) electrons. The van der Waals surface area contributed by atoms with Gasteiger partial charge in [0.1, 0.15) is 0 Å². The maximum atomic E-state index is 12.3. The summed E-state index contributed by atoms with van der Waals surface area (Å²) in [4.78, 5) is 23.9. The summed E-state index contributed by atoms with van der Waals surface area (Å²) in [5, 5.41) is 8.90. The minimum Gasteiger partial charge on any atom is -0.352 e. The fraction of sp³-hybridized carbons (Fsp3) is 0.294. The monoisotopic (exact) mass is 395 g/mol. The van der Waals surface area contributed by atoms with E-state index in [1.165, 1.54) is 31.5 Å². The second kappa shape index (κ2) is 8.93. The van der Waals surface area contributed by atoms with Crippen LogP contribution in [0.5, 0.6) is 0 Å². The van der Waals surface area contributed by atoms with E-state index in [0.717, 1.165) is 4.31 Å². The van der Waals surface area contributed by atoms with Crippen molar-refractivity contribution in [3.05, 3.63) is 52.2 Å². The van der Waals surface area contributed by atoms with Crippen LogP contribution >= 0.6 is 11.3 Å².